The average Bonchev–Trinajstić information content (AvgIpc) is 3.08. The number of hydrazine groups is 1. The molecule has 0 spiro atoms. The Morgan fingerprint density at radius 2 is 2.25 bits per heavy atom. The molecule has 1 saturated carbocycles. The number of aryl methyl sites for hydroxylation is 1. The van der Waals surface area contributed by atoms with Crippen LogP contribution in [0.25, 0.3) is 0 Å². The lowest BCUT2D eigenvalue weighted by Gasteiger charge is -2.23. The van der Waals surface area contributed by atoms with Crippen LogP contribution in [0.5, 0.6) is 0 Å². The molecule has 0 aromatic carbocycles. The molecule has 88 valence electrons. The van der Waals surface area contributed by atoms with Crippen molar-refractivity contribution < 1.29 is 0 Å². The van der Waals surface area contributed by atoms with Crippen molar-refractivity contribution in [2.45, 2.75) is 39.2 Å². The van der Waals surface area contributed by atoms with Crippen molar-refractivity contribution in [1.29, 1.82) is 0 Å². The topological polar surface area (TPSA) is 67.1 Å². The van der Waals surface area contributed by atoms with E-state index >= 15 is 0 Å². The summed E-state index contributed by atoms with van der Waals surface area (Å²) in [6.07, 6.45) is 3.67. The lowest BCUT2D eigenvalue weighted by atomic mass is 10.3. The summed E-state index contributed by atoms with van der Waals surface area (Å²) in [6.45, 7) is 5.12. The third kappa shape index (κ3) is 2.41. The molecule has 3 N–H and O–H groups in total. The van der Waals surface area contributed by atoms with Gasteiger partial charge in [0.2, 0.25) is 0 Å². The van der Waals surface area contributed by atoms with E-state index in [1.165, 1.54) is 12.8 Å². The van der Waals surface area contributed by atoms with E-state index in [9.17, 15) is 0 Å². The minimum Gasteiger partial charge on any atom is -0.353 e. The van der Waals surface area contributed by atoms with Gasteiger partial charge < -0.3 is 10.3 Å². The highest BCUT2D eigenvalue weighted by atomic mass is 15.3. The number of hydrogen-bond acceptors (Lipinski definition) is 5. The maximum atomic E-state index is 5.39. The minimum atomic E-state index is 0.667. The van der Waals surface area contributed by atoms with Crippen molar-refractivity contribution in [3.63, 3.8) is 0 Å². The Bertz CT molecular complexity index is 361. The van der Waals surface area contributed by atoms with Gasteiger partial charge in [-0.1, -0.05) is 6.92 Å². The first-order chi connectivity index (χ1) is 7.74. The number of rotatable bonds is 5. The monoisotopic (exact) mass is 221 g/mol. The van der Waals surface area contributed by atoms with Crippen molar-refractivity contribution in [3.05, 3.63) is 11.9 Å². The predicted octanol–water partition coefficient (Wildman–Crippen LogP) is 1.45. The Balaban J connectivity index is 2.25. The minimum absolute atomic E-state index is 0.667. The molecule has 0 atom stereocenters. The summed E-state index contributed by atoms with van der Waals surface area (Å²) in [5.74, 6) is 7.83. The van der Waals surface area contributed by atoms with Gasteiger partial charge in [-0.25, -0.2) is 15.8 Å². The zero-order valence-corrected chi connectivity index (χ0v) is 9.90. The maximum absolute atomic E-state index is 5.39. The molecule has 0 bridgehead atoms. The standard InChI is InChI=1S/C11H19N5/c1-3-6-16(9-4-5-9)11-7-10(15-12)13-8(2)14-11/h7,9H,3-6,12H2,1-2H3,(H,13,14,15). The number of hydrogen-bond donors (Lipinski definition) is 2. The molecule has 0 amide bonds. The summed E-state index contributed by atoms with van der Waals surface area (Å²) in [7, 11) is 0. The molecule has 2 rings (SSSR count). The molecule has 0 radical (unpaired) electrons. The number of nitrogens with one attached hydrogen (secondary N) is 1. The molecule has 16 heavy (non-hydrogen) atoms. The average molecular weight is 221 g/mol. The Morgan fingerprint density at radius 3 is 2.81 bits per heavy atom. The number of nitrogens with zero attached hydrogens (tertiary/aromatic N) is 3. The van der Waals surface area contributed by atoms with Gasteiger partial charge in [0.1, 0.15) is 17.5 Å². The summed E-state index contributed by atoms with van der Waals surface area (Å²) in [5, 5.41) is 0. The van der Waals surface area contributed by atoms with Crippen molar-refractivity contribution >= 4 is 11.6 Å². The molecule has 1 aromatic rings. The summed E-state index contributed by atoms with van der Waals surface area (Å²) in [6, 6.07) is 2.58. The van der Waals surface area contributed by atoms with Gasteiger partial charge in [-0.05, 0) is 26.2 Å². The van der Waals surface area contributed by atoms with Crippen LogP contribution in [-0.2, 0) is 0 Å². The van der Waals surface area contributed by atoms with E-state index in [2.05, 4.69) is 27.2 Å². The Hall–Kier alpha value is -1.36. The van der Waals surface area contributed by atoms with E-state index in [0.717, 1.165) is 24.6 Å². The van der Waals surface area contributed by atoms with Gasteiger partial charge in [0.05, 0.1) is 0 Å². The van der Waals surface area contributed by atoms with E-state index in [4.69, 9.17) is 5.84 Å². The summed E-state index contributed by atoms with van der Waals surface area (Å²) in [4.78, 5) is 11.0. The highest BCUT2D eigenvalue weighted by Crippen LogP contribution is 2.31. The summed E-state index contributed by atoms with van der Waals surface area (Å²) >= 11 is 0. The van der Waals surface area contributed by atoms with Crippen LogP contribution in [0.3, 0.4) is 0 Å². The highest BCUT2D eigenvalue weighted by molar-refractivity contribution is 5.50. The lowest BCUT2D eigenvalue weighted by molar-refractivity contribution is 0.745. The second kappa shape index (κ2) is 4.65. The zero-order valence-electron chi connectivity index (χ0n) is 9.90. The zero-order chi connectivity index (χ0) is 11.5. The van der Waals surface area contributed by atoms with Crippen molar-refractivity contribution in [2.75, 3.05) is 16.9 Å². The molecule has 0 unspecified atom stereocenters. The van der Waals surface area contributed by atoms with E-state index in [0.29, 0.717) is 11.9 Å². The van der Waals surface area contributed by atoms with Crippen molar-refractivity contribution in [2.24, 2.45) is 5.84 Å². The van der Waals surface area contributed by atoms with Gasteiger partial charge in [0.25, 0.3) is 0 Å². The molecule has 5 nitrogen and oxygen atoms in total. The van der Waals surface area contributed by atoms with Gasteiger partial charge in [-0.15, -0.1) is 0 Å². The molecular formula is C11H19N5. The molecule has 1 aliphatic carbocycles. The third-order valence-corrected chi connectivity index (χ3v) is 2.72. The third-order valence-electron chi connectivity index (χ3n) is 2.72. The first kappa shape index (κ1) is 11.1. The SMILES string of the molecule is CCCN(c1cc(NN)nc(C)n1)C1CC1. The first-order valence-electron chi connectivity index (χ1n) is 5.83. The Labute approximate surface area is 96.0 Å². The summed E-state index contributed by atoms with van der Waals surface area (Å²) in [5.41, 5.74) is 2.59. The van der Waals surface area contributed by atoms with Crippen LogP contribution in [0.15, 0.2) is 6.07 Å². The quantitative estimate of drug-likeness (QED) is 0.582. The number of nitrogen functional groups attached to an aromatic ring is 1. The van der Waals surface area contributed by atoms with Gasteiger partial charge in [-0.2, -0.15) is 0 Å². The molecule has 1 aliphatic rings. The highest BCUT2D eigenvalue weighted by Gasteiger charge is 2.29. The second-order valence-electron chi connectivity index (χ2n) is 4.23. The lowest BCUT2D eigenvalue weighted by Crippen LogP contribution is -2.28. The smallest absolute Gasteiger partial charge is 0.145 e. The van der Waals surface area contributed by atoms with Gasteiger partial charge in [0, 0.05) is 18.7 Å². The Kier molecular flexibility index (Phi) is 3.24. The van der Waals surface area contributed by atoms with Crippen molar-refractivity contribution in [1.82, 2.24) is 9.97 Å². The molecule has 1 heterocycles. The fourth-order valence-electron chi connectivity index (χ4n) is 1.88. The summed E-state index contributed by atoms with van der Waals surface area (Å²) < 4.78 is 0. The predicted molar refractivity (Wildman–Crippen MR) is 65.2 cm³/mol. The molecular weight excluding hydrogens is 202 g/mol. The van der Waals surface area contributed by atoms with E-state index in [1.54, 1.807) is 0 Å². The van der Waals surface area contributed by atoms with Crippen LogP contribution in [0.1, 0.15) is 32.0 Å². The van der Waals surface area contributed by atoms with E-state index in [1.807, 2.05) is 13.0 Å². The van der Waals surface area contributed by atoms with Crippen molar-refractivity contribution in [3.8, 4) is 0 Å². The van der Waals surface area contributed by atoms with Crippen LogP contribution in [0, 0.1) is 6.92 Å². The molecule has 1 aromatic heterocycles. The van der Waals surface area contributed by atoms with Gasteiger partial charge >= 0.3 is 0 Å². The fraction of sp³-hybridized carbons (Fsp3) is 0.636. The van der Waals surface area contributed by atoms with Crippen LogP contribution >= 0.6 is 0 Å². The normalized spacial score (nSPS) is 14.9. The maximum Gasteiger partial charge on any atom is 0.145 e. The second-order valence-corrected chi connectivity index (χ2v) is 4.23. The molecule has 1 fully saturated rings. The Morgan fingerprint density at radius 1 is 1.50 bits per heavy atom. The van der Waals surface area contributed by atoms with Gasteiger partial charge in [0.15, 0.2) is 0 Å². The van der Waals surface area contributed by atoms with E-state index < -0.39 is 0 Å². The van der Waals surface area contributed by atoms with Crippen LogP contribution in [0.4, 0.5) is 11.6 Å². The van der Waals surface area contributed by atoms with Crippen LogP contribution in [-0.4, -0.2) is 22.6 Å². The van der Waals surface area contributed by atoms with Gasteiger partial charge in [-0.3, -0.25) is 0 Å². The first-order valence-corrected chi connectivity index (χ1v) is 5.83. The van der Waals surface area contributed by atoms with E-state index in [-0.39, 0.29) is 0 Å². The fourth-order valence-corrected chi connectivity index (χ4v) is 1.88. The molecule has 5 heteroatoms. The molecule has 0 saturated heterocycles. The van der Waals surface area contributed by atoms with Crippen LogP contribution < -0.4 is 16.2 Å². The molecule has 0 aliphatic heterocycles. The van der Waals surface area contributed by atoms with Crippen LogP contribution in [0.2, 0.25) is 0 Å². The largest absolute Gasteiger partial charge is 0.353 e. The number of nitrogens with two attached hydrogens (primary N) is 1. The number of anilines is 2. The number of aromatic nitrogens is 2.